The Morgan fingerprint density at radius 2 is 1.87 bits per heavy atom. The van der Waals surface area contributed by atoms with Crippen LogP contribution in [0.2, 0.25) is 0 Å². The van der Waals surface area contributed by atoms with E-state index in [2.05, 4.69) is 55.8 Å². The minimum absolute atomic E-state index is 0.162. The molecule has 0 radical (unpaired) electrons. The first-order valence-electron chi connectivity index (χ1n) is 5.30. The van der Waals surface area contributed by atoms with E-state index >= 15 is 0 Å². The third-order valence-electron chi connectivity index (χ3n) is 2.25. The Balaban J connectivity index is 2.94. The molecule has 1 rings (SSSR count). The molecule has 0 aliphatic heterocycles. The molecule has 84 valence electrons. The highest BCUT2D eigenvalue weighted by atomic mass is 79.9. The lowest BCUT2D eigenvalue weighted by Gasteiger charge is -2.26. The molecule has 0 saturated carbocycles. The van der Waals surface area contributed by atoms with Gasteiger partial charge >= 0.3 is 0 Å². The summed E-state index contributed by atoms with van der Waals surface area (Å²) < 4.78 is 6.00. The number of alkyl halides is 1. The van der Waals surface area contributed by atoms with Gasteiger partial charge in [-0.3, -0.25) is 0 Å². The Kier molecular flexibility index (Phi) is 4.21. The van der Waals surface area contributed by atoms with E-state index in [1.54, 1.807) is 0 Å². The molecule has 15 heavy (non-hydrogen) atoms. The molecule has 0 spiro atoms. The van der Waals surface area contributed by atoms with Crippen LogP contribution in [0.4, 0.5) is 0 Å². The average Bonchev–Trinajstić information content (AvgIpc) is 2.18. The second-order valence-corrected chi connectivity index (χ2v) is 5.25. The summed E-state index contributed by atoms with van der Waals surface area (Å²) in [7, 11) is 0. The average molecular weight is 271 g/mol. The van der Waals surface area contributed by atoms with Crippen LogP contribution in [0.25, 0.3) is 0 Å². The molecule has 0 bridgehead atoms. The van der Waals surface area contributed by atoms with Crippen molar-refractivity contribution < 1.29 is 4.74 Å². The number of hydrogen-bond donors (Lipinski definition) is 0. The predicted octanol–water partition coefficient (Wildman–Crippen LogP) is 4.36. The molecule has 0 unspecified atom stereocenters. The Hall–Kier alpha value is -0.500. The van der Waals surface area contributed by atoms with Gasteiger partial charge in [-0.05, 0) is 31.4 Å². The molecule has 0 fully saturated rings. The summed E-state index contributed by atoms with van der Waals surface area (Å²) >= 11 is 3.46. The molecule has 0 amide bonds. The Labute approximate surface area is 101 Å². The summed E-state index contributed by atoms with van der Waals surface area (Å²) in [5.41, 5.74) is 1.11. The maximum absolute atomic E-state index is 6.00. The van der Waals surface area contributed by atoms with Crippen molar-refractivity contribution in [3.8, 4) is 5.75 Å². The Morgan fingerprint density at radius 3 is 2.40 bits per heavy atom. The van der Waals surface area contributed by atoms with Gasteiger partial charge in [0.1, 0.15) is 11.4 Å². The summed E-state index contributed by atoms with van der Waals surface area (Å²) in [6.07, 6.45) is 0. The molecule has 0 N–H and O–H groups in total. The third-order valence-corrected chi connectivity index (χ3v) is 3.60. The summed E-state index contributed by atoms with van der Waals surface area (Å²) in [5.74, 6) is 1.49. The van der Waals surface area contributed by atoms with Gasteiger partial charge in [0.15, 0.2) is 0 Å². The van der Waals surface area contributed by atoms with Crippen molar-refractivity contribution in [2.45, 2.75) is 39.2 Å². The molecule has 0 heterocycles. The molecule has 0 aliphatic carbocycles. The normalized spacial score (nSPS) is 11.9. The molecule has 0 aliphatic rings. The number of ether oxygens (including phenoxy) is 1. The predicted molar refractivity (Wildman–Crippen MR) is 69.0 cm³/mol. The zero-order valence-electron chi connectivity index (χ0n) is 9.88. The van der Waals surface area contributed by atoms with Crippen LogP contribution in [0.3, 0.4) is 0 Å². The van der Waals surface area contributed by atoms with E-state index in [-0.39, 0.29) is 5.60 Å². The quantitative estimate of drug-likeness (QED) is 0.739. The molecule has 0 atom stereocenters. The van der Waals surface area contributed by atoms with Gasteiger partial charge in [-0.15, -0.1) is 0 Å². The van der Waals surface area contributed by atoms with Gasteiger partial charge in [-0.2, -0.15) is 0 Å². The van der Waals surface area contributed by atoms with Crippen LogP contribution in [0.1, 0.15) is 39.2 Å². The van der Waals surface area contributed by atoms with Crippen molar-refractivity contribution in [1.82, 2.24) is 0 Å². The maximum Gasteiger partial charge on any atom is 0.123 e. The minimum Gasteiger partial charge on any atom is -0.487 e. The standard InChI is InChI=1S/C13H19BrO/c1-10(2)11-7-5-6-8-12(11)15-13(3,4)9-14/h5-8,10H,9H2,1-4H3. The number of halogens is 1. The SMILES string of the molecule is CC(C)c1ccccc1OC(C)(C)CBr. The van der Waals surface area contributed by atoms with Gasteiger partial charge in [0, 0.05) is 5.33 Å². The van der Waals surface area contributed by atoms with E-state index in [1.807, 2.05) is 12.1 Å². The first kappa shape index (κ1) is 12.6. The number of hydrogen-bond acceptors (Lipinski definition) is 1. The van der Waals surface area contributed by atoms with Crippen LogP contribution in [0.5, 0.6) is 5.75 Å². The molecule has 1 aromatic rings. The Morgan fingerprint density at radius 1 is 1.27 bits per heavy atom. The van der Waals surface area contributed by atoms with Crippen LogP contribution < -0.4 is 4.74 Å². The lowest BCUT2D eigenvalue weighted by Crippen LogP contribution is -2.30. The van der Waals surface area contributed by atoms with Crippen LogP contribution in [0.15, 0.2) is 24.3 Å². The highest BCUT2D eigenvalue weighted by Gasteiger charge is 2.19. The van der Waals surface area contributed by atoms with Crippen molar-refractivity contribution in [1.29, 1.82) is 0 Å². The topological polar surface area (TPSA) is 9.23 Å². The van der Waals surface area contributed by atoms with Gasteiger partial charge in [-0.25, -0.2) is 0 Å². The van der Waals surface area contributed by atoms with E-state index in [4.69, 9.17) is 4.74 Å². The summed E-state index contributed by atoms with van der Waals surface area (Å²) in [4.78, 5) is 0. The van der Waals surface area contributed by atoms with Crippen LogP contribution >= 0.6 is 15.9 Å². The highest BCUT2D eigenvalue weighted by Crippen LogP contribution is 2.29. The minimum atomic E-state index is -0.162. The largest absolute Gasteiger partial charge is 0.487 e. The second kappa shape index (κ2) is 5.02. The van der Waals surface area contributed by atoms with Crippen molar-refractivity contribution >= 4 is 15.9 Å². The van der Waals surface area contributed by atoms with Gasteiger partial charge in [0.25, 0.3) is 0 Å². The van der Waals surface area contributed by atoms with Gasteiger partial charge in [0.05, 0.1) is 0 Å². The van der Waals surface area contributed by atoms with Crippen LogP contribution in [-0.2, 0) is 0 Å². The van der Waals surface area contributed by atoms with Gasteiger partial charge < -0.3 is 4.74 Å². The van der Waals surface area contributed by atoms with Crippen molar-refractivity contribution in [3.05, 3.63) is 29.8 Å². The summed E-state index contributed by atoms with van der Waals surface area (Å²) in [5, 5.41) is 0.826. The molecule has 1 aromatic carbocycles. The summed E-state index contributed by atoms with van der Waals surface area (Å²) in [6, 6.07) is 8.25. The highest BCUT2D eigenvalue weighted by molar-refractivity contribution is 9.09. The molecule has 0 saturated heterocycles. The van der Waals surface area contributed by atoms with E-state index < -0.39 is 0 Å². The summed E-state index contributed by atoms with van der Waals surface area (Å²) in [6.45, 7) is 8.53. The third kappa shape index (κ3) is 3.53. The zero-order valence-corrected chi connectivity index (χ0v) is 11.5. The smallest absolute Gasteiger partial charge is 0.123 e. The first-order valence-corrected chi connectivity index (χ1v) is 6.42. The monoisotopic (exact) mass is 270 g/mol. The second-order valence-electron chi connectivity index (χ2n) is 4.69. The van der Waals surface area contributed by atoms with Crippen LogP contribution in [0, 0.1) is 0 Å². The lowest BCUT2D eigenvalue weighted by molar-refractivity contribution is 0.135. The lowest BCUT2D eigenvalue weighted by atomic mass is 10.0. The van der Waals surface area contributed by atoms with E-state index in [9.17, 15) is 0 Å². The fraction of sp³-hybridized carbons (Fsp3) is 0.538. The fourth-order valence-corrected chi connectivity index (χ4v) is 1.49. The van der Waals surface area contributed by atoms with Gasteiger partial charge in [0.2, 0.25) is 0 Å². The molecule has 2 heteroatoms. The van der Waals surface area contributed by atoms with Crippen molar-refractivity contribution in [2.75, 3.05) is 5.33 Å². The fourth-order valence-electron chi connectivity index (χ4n) is 1.38. The maximum atomic E-state index is 6.00. The molecule has 0 aromatic heterocycles. The van der Waals surface area contributed by atoms with Gasteiger partial charge in [-0.1, -0.05) is 48.0 Å². The molecular weight excluding hydrogens is 252 g/mol. The number of benzene rings is 1. The van der Waals surface area contributed by atoms with Crippen molar-refractivity contribution in [2.24, 2.45) is 0 Å². The number of rotatable bonds is 4. The molecular formula is C13H19BrO. The van der Waals surface area contributed by atoms with E-state index in [1.165, 1.54) is 5.56 Å². The first-order chi connectivity index (χ1) is 6.96. The van der Waals surface area contributed by atoms with Crippen molar-refractivity contribution in [3.63, 3.8) is 0 Å². The van der Waals surface area contributed by atoms with Crippen LogP contribution in [-0.4, -0.2) is 10.9 Å². The molecule has 1 nitrogen and oxygen atoms in total. The van der Waals surface area contributed by atoms with E-state index in [0.29, 0.717) is 5.92 Å². The number of para-hydroxylation sites is 1. The zero-order chi connectivity index (χ0) is 11.5. The van der Waals surface area contributed by atoms with E-state index in [0.717, 1.165) is 11.1 Å². The Bertz CT molecular complexity index is 318.